The average molecular weight is 620 g/mol. The molecule has 44 heavy (non-hydrogen) atoms. The summed E-state index contributed by atoms with van der Waals surface area (Å²) in [6.07, 6.45) is 3.97. The third-order valence-electron chi connectivity index (χ3n) is 8.17. The number of benzene rings is 3. The number of aromatic amines is 1. The molecule has 0 bridgehead atoms. The predicted molar refractivity (Wildman–Crippen MR) is 164 cm³/mol. The number of anilines is 1. The number of ketones is 1. The maximum Gasteiger partial charge on any atom is 0.214 e. The summed E-state index contributed by atoms with van der Waals surface area (Å²) in [4.78, 5) is 16.8. The van der Waals surface area contributed by atoms with Crippen molar-refractivity contribution in [1.82, 2.24) is 19.1 Å². The second-order valence-electron chi connectivity index (χ2n) is 11.2. The quantitative estimate of drug-likeness (QED) is 0.216. The number of carbonyl (C=O) groups is 1. The Labute approximate surface area is 253 Å². The fourth-order valence-corrected chi connectivity index (χ4v) is 6.79. The highest BCUT2D eigenvalue weighted by atomic mass is 32.2. The molecule has 3 heterocycles. The first-order valence-corrected chi connectivity index (χ1v) is 15.9. The molecular formula is C32H31F2N5O4S. The van der Waals surface area contributed by atoms with Crippen LogP contribution < -0.4 is 10.5 Å². The molecule has 0 saturated carbocycles. The molecule has 2 aromatic heterocycles. The van der Waals surface area contributed by atoms with Crippen LogP contribution in [0, 0.1) is 25.5 Å². The van der Waals surface area contributed by atoms with Gasteiger partial charge in [-0.05, 0) is 85.7 Å². The van der Waals surface area contributed by atoms with Gasteiger partial charge in [0.25, 0.3) is 0 Å². The molecule has 1 aliphatic heterocycles. The molecule has 1 fully saturated rings. The molecule has 3 N–H and O–H groups in total. The Balaban J connectivity index is 1.25. The highest BCUT2D eigenvalue weighted by Crippen LogP contribution is 2.35. The Bertz CT molecular complexity index is 2000. The van der Waals surface area contributed by atoms with E-state index >= 15 is 4.39 Å². The molecule has 6 rings (SSSR count). The number of nitrogens with one attached hydrogen (secondary N) is 1. The van der Waals surface area contributed by atoms with Crippen molar-refractivity contribution in [3.63, 3.8) is 0 Å². The van der Waals surface area contributed by atoms with Crippen molar-refractivity contribution in [1.29, 1.82) is 0 Å². The molecule has 3 aromatic carbocycles. The number of sulfonamides is 1. The van der Waals surface area contributed by atoms with Gasteiger partial charge in [0, 0.05) is 30.1 Å². The summed E-state index contributed by atoms with van der Waals surface area (Å²) >= 11 is 0. The van der Waals surface area contributed by atoms with E-state index in [9.17, 15) is 17.6 Å². The van der Waals surface area contributed by atoms with E-state index in [4.69, 9.17) is 10.5 Å². The lowest BCUT2D eigenvalue weighted by Gasteiger charge is -2.31. The van der Waals surface area contributed by atoms with Gasteiger partial charge in [0.05, 0.1) is 23.7 Å². The molecular weight excluding hydrogens is 588 g/mol. The van der Waals surface area contributed by atoms with Gasteiger partial charge in [-0.15, -0.1) is 0 Å². The number of nitrogens with zero attached hydrogens (tertiary/aromatic N) is 3. The van der Waals surface area contributed by atoms with Crippen LogP contribution in [0.4, 0.5) is 14.6 Å². The van der Waals surface area contributed by atoms with Gasteiger partial charge >= 0.3 is 0 Å². The molecule has 0 unspecified atom stereocenters. The Hall–Kier alpha value is -4.55. The molecule has 5 aromatic rings. The normalized spacial score (nSPS) is 14.8. The fraction of sp³-hybridized carbons (Fsp3) is 0.250. The lowest BCUT2D eigenvalue weighted by Crippen LogP contribution is -2.37. The number of hydrogen-bond acceptors (Lipinski definition) is 6. The lowest BCUT2D eigenvalue weighted by atomic mass is 9.87. The summed E-state index contributed by atoms with van der Waals surface area (Å²) in [7, 11) is -3.21. The first-order chi connectivity index (χ1) is 20.9. The minimum atomic E-state index is -3.21. The Morgan fingerprint density at radius 1 is 1.02 bits per heavy atom. The molecule has 1 aliphatic rings. The van der Waals surface area contributed by atoms with Crippen LogP contribution in [0.2, 0.25) is 0 Å². The van der Waals surface area contributed by atoms with Crippen LogP contribution in [0.3, 0.4) is 0 Å². The standard InChI is InChI=1S/C32H31F2N5O4S/c1-18-12-21-14-28(37-27(21)16-23(18)20-8-10-38(11-9-20)44(3,41)42)31(40)24-17-36-39(32(24)35)30-19(2)13-22(15-26(30)34)43-29-7-5-4-6-25(29)33/h4-7,12-17,20,37H,8-11,35H2,1-3H3. The van der Waals surface area contributed by atoms with Crippen molar-refractivity contribution < 1.29 is 26.7 Å². The number of aryl methyl sites for hydroxylation is 2. The van der Waals surface area contributed by atoms with Gasteiger partial charge in [-0.25, -0.2) is 26.2 Å². The largest absolute Gasteiger partial charge is 0.454 e. The third kappa shape index (κ3) is 5.46. The summed E-state index contributed by atoms with van der Waals surface area (Å²) < 4.78 is 61.4. The van der Waals surface area contributed by atoms with Crippen LogP contribution in [-0.4, -0.2) is 52.6 Å². The monoisotopic (exact) mass is 619 g/mol. The SMILES string of the molecule is Cc1cc2cc(C(=O)c3cnn(-c4c(C)cc(Oc5ccccc5F)cc4F)c3N)[nH]c2cc1C1CCN(S(C)(=O)=O)CC1. The van der Waals surface area contributed by atoms with Crippen molar-refractivity contribution in [3.8, 4) is 17.2 Å². The van der Waals surface area contributed by atoms with Crippen molar-refractivity contribution in [2.45, 2.75) is 32.6 Å². The number of H-pyrrole nitrogens is 1. The fourth-order valence-electron chi connectivity index (χ4n) is 5.91. The number of aromatic nitrogens is 3. The molecule has 228 valence electrons. The molecule has 12 heteroatoms. The number of carbonyl (C=O) groups excluding carboxylic acids is 1. The number of hydrogen-bond donors (Lipinski definition) is 2. The first kappa shape index (κ1) is 29.5. The zero-order valence-electron chi connectivity index (χ0n) is 24.4. The lowest BCUT2D eigenvalue weighted by molar-refractivity contribution is 0.103. The molecule has 0 amide bonds. The highest BCUT2D eigenvalue weighted by Gasteiger charge is 2.27. The number of ether oxygens (including phenoxy) is 1. The van der Waals surface area contributed by atoms with E-state index in [0.717, 1.165) is 28.1 Å². The summed E-state index contributed by atoms with van der Waals surface area (Å²) in [6.45, 7) is 4.59. The van der Waals surface area contributed by atoms with Crippen molar-refractivity contribution in [2.75, 3.05) is 25.1 Å². The topological polar surface area (TPSA) is 123 Å². The summed E-state index contributed by atoms with van der Waals surface area (Å²) in [6, 6.07) is 14.3. The molecule has 0 radical (unpaired) electrons. The Morgan fingerprint density at radius 2 is 1.75 bits per heavy atom. The van der Waals surface area contributed by atoms with Crippen molar-refractivity contribution >= 4 is 32.5 Å². The van der Waals surface area contributed by atoms with Crippen LogP contribution in [0.5, 0.6) is 11.5 Å². The minimum Gasteiger partial charge on any atom is -0.454 e. The summed E-state index contributed by atoms with van der Waals surface area (Å²) in [5, 5.41) is 5.07. The highest BCUT2D eigenvalue weighted by molar-refractivity contribution is 7.88. The first-order valence-electron chi connectivity index (χ1n) is 14.1. The molecule has 0 atom stereocenters. The Morgan fingerprint density at radius 3 is 2.43 bits per heavy atom. The number of nitrogens with two attached hydrogens (primary N) is 1. The second kappa shape index (κ2) is 11.2. The third-order valence-corrected chi connectivity index (χ3v) is 9.47. The van der Waals surface area contributed by atoms with Crippen LogP contribution in [0.15, 0.2) is 60.8 Å². The van der Waals surface area contributed by atoms with Gasteiger partial charge in [0.15, 0.2) is 17.4 Å². The van der Waals surface area contributed by atoms with E-state index in [2.05, 4.69) is 10.1 Å². The minimum absolute atomic E-state index is 0.0343. The van der Waals surface area contributed by atoms with Crippen LogP contribution in [-0.2, 0) is 10.0 Å². The van der Waals surface area contributed by atoms with E-state index in [0.29, 0.717) is 37.2 Å². The zero-order chi connectivity index (χ0) is 31.3. The van der Waals surface area contributed by atoms with Crippen LogP contribution in [0.25, 0.3) is 16.6 Å². The average Bonchev–Trinajstić information content (AvgIpc) is 3.56. The van der Waals surface area contributed by atoms with E-state index in [1.54, 1.807) is 19.1 Å². The number of nitrogen functional groups attached to an aromatic ring is 1. The maximum atomic E-state index is 15.3. The summed E-state index contributed by atoms with van der Waals surface area (Å²) in [5.41, 5.74) is 10.2. The van der Waals surface area contributed by atoms with E-state index < -0.39 is 27.4 Å². The van der Waals surface area contributed by atoms with Gasteiger partial charge < -0.3 is 15.5 Å². The number of halogens is 2. The van der Waals surface area contributed by atoms with Gasteiger partial charge in [0.1, 0.15) is 17.3 Å². The van der Waals surface area contributed by atoms with Crippen LogP contribution in [0.1, 0.15) is 51.5 Å². The van der Waals surface area contributed by atoms with Crippen molar-refractivity contribution in [2.24, 2.45) is 0 Å². The van der Waals surface area contributed by atoms with E-state index in [1.807, 2.05) is 19.1 Å². The van der Waals surface area contributed by atoms with Gasteiger partial charge in [-0.2, -0.15) is 5.10 Å². The molecule has 1 saturated heterocycles. The molecule has 9 nitrogen and oxygen atoms in total. The number of para-hydroxylation sites is 1. The van der Waals surface area contributed by atoms with Gasteiger partial charge in [-0.3, -0.25) is 4.79 Å². The maximum absolute atomic E-state index is 15.3. The smallest absolute Gasteiger partial charge is 0.214 e. The number of fused-ring (bicyclic) bond motifs is 1. The summed E-state index contributed by atoms with van der Waals surface area (Å²) in [5.74, 6) is -1.45. The number of piperidine rings is 1. The second-order valence-corrected chi connectivity index (χ2v) is 13.2. The Kier molecular flexibility index (Phi) is 7.50. The zero-order valence-corrected chi connectivity index (χ0v) is 25.2. The van der Waals surface area contributed by atoms with Gasteiger partial charge in [0.2, 0.25) is 15.8 Å². The van der Waals surface area contributed by atoms with E-state index in [1.165, 1.54) is 45.7 Å². The van der Waals surface area contributed by atoms with Crippen LogP contribution >= 0.6 is 0 Å². The van der Waals surface area contributed by atoms with E-state index in [-0.39, 0.29) is 34.5 Å². The predicted octanol–water partition coefficient (Wildman–Crippen LogP) is 5.99. The molecule has 0 aliphatic carbocycles. The number of rotatable bonds is 7. The molecule has 0 spiro atoms. The van der Waals surface area contributed by atoms with Gasteiger partial charge in [-0.1, -0.05) is 12.1 Å². The van der Waals surface area contributed by atoms with Crippen molar-refractivity contribution in [3.05, 3.63) is 100 Å².